The smallest absolute Gasteiger partial charge is 0.273 e. The molecule has 2 heterocycles. The largest absolute Gasteiger partial charge is 0.493 e. The minimum atomic E-state index is -0.0212. The standard InChI is InChI=1S/C25H35N3O3.2ClH/c1-18(2)28(20-7-5-12-26-16-20)25(29)23-15-24(21-8-3-4-9-22(21)27-23)31-14-6-13-30-17-19-10-11-19;;/h3-4,8-9,15,18-20,26H,5-7,10-14,16-17H2,1-2H3;2*1H/t20-;;/m1../s1. The van der Waals surface area contributed by atoms with Gasteiger partial charge in [-0.3, -0.25) is 4.79 Å². The monoisotopic (exact) mass is 497 g/mol. The number of rotatable bonds is 10. The Morgan fingerprint density at radius 3 is 2.67 bits per heavy atom. The summed E-state index contributed by atoms with van der Waals surface area (Å²) < 4.78 is 11.8. The van der Waals surface area contributed by atoms with Gasteiger partial charge in [0.05, 0.1) is 12.1 Å². The first-order chi connectivity index (χ1) is 15.1. The van der Waals surface area contributed by atoms with Crippen LogP contribution >= 0.6 is 24.8 Å². The maximum Gasteiger partial charge on any atom is 0.273 e. The molecule has 1 saturated carbocycles. The lowest BCUT2D eigenvalue weighted by Crippen LogP contribution is -2.51. The fraction of sp³-hybridized carbons (Fsp3) is 0.600. The highest BCUT2D eigenvalue weighted by atomic mass is 35.5. The third-order valence-corrected chi connectivity index (χ3v) is 6.09. The van der Waals surface area contributed by atoms with Crippen LogP contribution in [0.4, 0.5) is 0 Å². The van der Waals surface area contributed by atoms with E-state index in [0.29, 0.717) is 18.9 Å². The number of piperidine rings is 1. The SMILES string of the molecule is CC(C)N(C(=O)c1cc(OCCCOCC2CC2)c2ccccc2n1)[C@@H]1CCCNC1.Cl.Cl. The highest BCUT2D eigenvalue weighted by Gasteiger charge is 2.29. The first-order valence-corrected chi connectivity index (χ1v) is 11.8. The molecule has 1 aromatic carbocycles. The van der Waals surface area contributed by atoms with Crippen molar-refractivity contribution in [2.75, 3.05) is 32.9 Å². The van der Waals surface area contributed by atoms with Gasteiger partial charge >= 0.3 is 0 Å². The zero-order valence-corrected chi connectivity index (χ0v) is 21.3. The second kappa shape index (κ2) is 13.3. The number of carbonyl (C=O) groups is 1. The molecule has 1 saturated heterocycles. The number of pyridine rings is 1. The van der Waals surface area contributed by atoms with Crippen LogP contribution in [0.3, 0.4) is 0 Å². The third kappa shape index (κ3) is 7.44. The van der Waals surface area contributed by atoms with Gasteiger partial charge in [-0.25, -0.2) is 4.98 Å². The zero-order chi connectivity index (χ0) is 21.6. The van der Waals surface area contributed by atoms with E-state index in [1.54, 1.807) is 0 Å². The average molecular weight is 498 g/mol. The summed E-state index contributed by atoms with van der Waals surface area (Å²) in [6.07, 6.45) is 5.55. The van der Waals surface area contributed by atoms with Crippen molar-refractivity contribution in [3.05, 3.63) is 36.0 Å². The van der Waals surface area contributed by atoms with Crippen molar-refractivity contribution < 1.29 is 14.3 Å². The van der Waals surface area contributed by atoms with Gasteiger partial charge in [-0.1, -0.05) is 12.1 Å². The number of hydrogen-bond acceptors (Lipinski definition) is 5. The van der Waals surface area contributed by atoms with Crippen LogP contribution in [0.2, 0.25) is 0 Å². The molecule has 6 nitrogen and oxygen atoms in total. The molecule has 8 heteroatoms. The van der Waals surface area contributed by atoms with Gasteiger partial charge in [0, 0.05) is 49.7 Å². The minimum absolute atomic E-state index is 0. The molecule has 1 atom stereocenters. The summed E-state index contributed by atoms with van der Waals surface area (Å²) >= 11 is 0. The van der Waals surface area contributed by atoms with E-state index < -0.39 is 0 Å². The van der Waals surface area contributed by atoms with Gasteiger partial charge in [0.25, 0.3) is 5.91 Å². The average Bonchev–Trinajstić information content (AvgIpc) is 3.61. The van der Waals surface area contributed by atoms with Gasteiger partial charge in [0.1, 0.15) is 11.4 Å². The maximum atomic E-state index is 13.5. The van der Waals surface area contributed by atoms with E-state index in [0.717, 1.165) is 61.5 Å². The second-order valence-corrected chi connectivity index (χ2v) is 9.05. The number of halogens is 2. The van der Waals surface area contributed by atoms with Gasteiger partial charge < -0.3 is 19.7 Å². The molecule has 0 bridgehead atoms. The molecule has 0 unspecified atom stereocenters. The van der Waals surface area contributed by atoms with Crippen molar-refractivity contribution in [3.8, 4) is 5.75 Å². The molecule has 1 aromatic heterocycles. The Bertz CT molecular complexity index is 886. The lowest BCUT2D eigenvalue weighted by atomic mass is 10.0. The summed E-state index contributed by atoms with van der Waals surface area (Å²) in [4.78, 5) is 20.2. The predicted octanol–water partition coefficient (Wildman–Crippen LogP) is 4.88. The van der Waals surface area contributed by atoms with Crippen molar-refractivity contribution >= 4 is 41.6 Å². The van der Waals surface area contributed by atoms with Gasteiger partial charge in [0.15, 0.2) is 0 Å². The molecule has 2 fully saturated rings. The highest BCUT2D eigenvalue weighted by molar-refractivity contribution is 5.97. The molecule has 2 aliphatic rings. The second-order valence-electron chi connectivity index (χ2n) is 9.05. The molecule has 1 N–H and O–H groups in total. The number of hydrogen-bond donors (Lipinski definition) is 1. The Balaban J connectivity index is 0.00000193. The molecule has 4 rings (SSSR count). The Labute approximate surface area is 209 Å². The molecular formula is C25H37Cl2N3O3. The van der Waals surface area contributed by atoms with E-state index in [4.69, 9.17) is 14.5 Å². The predicted molar refractivity (Wildman–Crippen MR) is 137 cm³/mol. The number of amides is 1. The van der Waals surface area contributed by atoms with Crippen LogP contribution in [0.15, 0.2) is 30.3 Å². The molecule has 184 valence electrons. The number of para-hydroxylation sites is 1. The summed E-state index contributed by atoms with van der Waals surface area (Å²) in [6.45, 7) is 8.15. The Hall–Kier alpha value is -1.60. The van der Waals surface area contributed by atoms with E-state index in [1.165, 1.54) is 12.8 Å². The van der Waals surface area contributed by atoms with Crippen molar-refractivity contribution in [2.45, 2.75) is 58.0 Å². The van der Waals surface area contributed by atoms with E-state index in [9.17, 15) is 4.79 Å². The van der Waals surface area contributed by atoms with Crippen LogP contribution in [0.5, 0.6) is 5.75 Å². The van der Waals surface area contributed by atoms with Crippen LogP contribution in [0.1, 0.15) is 56.4 Å². The van der Waals surface area contributed by atoms with E-state index in [-0.39, 0.29) is 42.8 Å². The highest BCUT2D eigenvalue weighted by Crippen LogP contribution is 2.29. The molecule has 1 aliphatic heterocycles. The van der Waals surface area contributed by atoms with Crippen LogP contribution in [-0.2, 0) is 4.74 Å². The van der Waals surface area contributed by atoms with Gasteiger partial charge in [-0.15, -0.1) is 24.8 Å². The van der Waals surface area contributed by atoms with Crippen LogP contribution in [-0.4, -0.2) is 60.8 Å². The summed E-state index contributed by atoms with van der Waals surface area (Å²) in [5.41, 5.74) is 1.25. The lowest BCUT2D eigenvalue weighted by Gasteiger charge is -2.37. The first-order valence-electron chi connectivity index (χ1n) is 11.8. The number of carbonyl (C=O) groups excluding carboxylic acids is 1. The zero-order valence-electron chi connectivity index (χ0n) is 19.6. The van der Waals surface area contributed by atoms with E-state index >= 15 is 0 Å². The molecule has 2 aromatic rings. The van der Waals surface area contributed by atoms with Crippen molar-refractivity contribution in [2.24, 2.45) is 5.92 Å². The minimum Gasteiger partial charge on any atom is -0.493 e. The quantitative estimate of drug-likeness (QED) is 0.474. The van der Waals surface area contributed by atoms with Crippen LogP contribution < -0.4 is 10.1 Å². The van der Waals surface area contributed by atoms with Crippen LogP contribution in [0.25, 0.3) is 10.9 Å². The molecule has 33 heavy (non-hydrogen) atoms. The molecular weight excluding hydrogens is 461 g/mol. The van der Waals surface area contributed by atoms with Gasteiger partial charge in [-0.05, 0) is 64.1 Å². The molecule has 0 spiro atoms. The normalized spacial score (nSPS) is 17.8. The number of benzene rings is 1. The van der Waals surface area contributed by atoms with Gasteiger partial charge in [0.2, 0.25) is 0 Å². The molecule has 1 amide bonds. The Morgan fingerprint density at radius 2 is 1.97 bits per heavy atom. The first kappa shape index (κ1) is 27.6. The maximum absolute atomic E-state index is 13.5. The number of ether oxygens (including phenoxy) is 2. The van der Waals surface area contributed by atoms with E-state index in [2.05, 4.69) is 19.2 Å². The Morgan fingerprint density at radius 1 is 1.18 bits per heavy atom. The number of nitrogens with one attached hydrogen (secondary N) is 1. The number of nitrogens with zero attached hydrogens (tertiary/aromatic N) is 2. The van der Waals surface area contributed by atoms with E-state index in [1.807, 2.05) is 35.2 Å². The van der Waals surface area contributed by atoms with Crippen molar-refractivity contribution in [1.82, 2.24) is 15.2 Å². The van der Waals surface area contributed by atoms with Crippen molar-refractivity contribution in [3.63, 3.8) is 0 Å². The number of fused-ring (bicyclic) bond motifs is 1. The third-order valence-electron chi connectivity index (χ3n) is 6.09. The summed E-state index contributed by atoms with van der Waals surface area (Å²) in [5.74, 6) is 1.48. The summed E-state index contributed by atoms with van der Waals surface area (Å²) in [6, 6.07) is 10.00. The topological polar surface area (TPSA) is 63.7 Å². The summed E-state index contributed by atoms with van der Waals surface area (Å²) in [5, 5.41) is 4.36. The molecule has 1 aliphatic carbocycles. The lowest BCUT2D eigenvalue weighted by molar-refractivity contribution is 0.0567. The molecule has 0 radical (unpaired) electrons. The number of aromatic nitrogens is 1. The fourth-order valence-corrected chi connectivity index (χ4v) is 4.28. The fourth-order valence-electron chi connectivity index (χ4n) is 4.28. The van der Waals surface area contributed by atoms with Crippen LogP contribution in [0, 0.1) is 5.92 Å². The van der Waals surface area contributed by atoms with Gasteiger partial charge in [-0.2, -0.15) is 0 Å². The summed E-state index contributed by atoms with van der Waals surface area (Å²) in [7, 11) is 0. The Kier molecular flexibility index (Phi) is 11.2. The van der Waals surface area contributed by atoms with Crippen molar-refractivity contribution in [1.29, 1.82) is 0 Å².